The average molecular weight is 391 g/mol. The number of carbonyl (C=O) groups is 1. The van der Waals surface area contributed by atoms with Gasteiger partial charge in [-0.25, -0.2) is 0 Å². The zero-order valence-corrected chi connectivity index (χ0v) is 15.0. The van der Waals surface area contributed by atoms with E-state index in [1.165, 1.54) is 0 Å². The lowest BCUT2D eigenvalue weighted by Crippen LogP contribution is -2.36. The minimum atomic E-state index is -0.0394. The van der Waals surface area contributed by atoms with Gasteiger partial charge >= 0.3 is 0 Å². The van der Waals surface area contributed by atoms with Crippen LogP contribution in [0.5, 0.6) is 11.5 Å². The Bertz CT molecular complexity index is 792. The number of hydrogen-bond donors (Lipinski definition) is 2. The predicted octanol–water partition coefficient (Wildman–Crippen LogP) is 2.82. The minimum absolute atomic E-state index is 0.0394. The second kappa shape index (κ2) is 6.83. The third-order valence-corrected chi connectivity index (χ3v) is 5.02. The molecule has 0 spiro atoms. The first-order chi connectivity index (χ1) is 11.5. The van der Waals surface area contributed by atoms with Crippen LogP contribution < -0.4 is 10.5 Å². The number of carbonyl (C=O) groups excluding carboxylic acids is 1. The van der Waals surface area contributed by atoms with E-state index in [2.05, 4.69) is 15.9 Å². The number of nitrogens with zero attached hydrogens (tertiary/aromatic N) is 1. The Balaban J connectivity index is 1.86. The molecule has 2 aromatic rings. The molecule has 0 saturated carbocycles. The highest BCUT2D eigenvalue weighted by molar-refractivity contribution is 9.10. The number of aromatic hydroxyl groups is 1. The van der Waals surface area contributed by atoms with Gasteiger partial charge in [-0.15, -0.1) is 0 Å². The molecule has 1 amide bonds. The van der Waals surface area contributed by atoms with Crippen LogP contribution in [0.3, 0.4) is 0 Å². The van der Waals surface area contributed by atoms with E-state index in [9.17, 15) is 9.90 Å². The van der Waals surface area contributed by atoms with E-state index >= 15 is 0 Å². The quantitative estimate of drug-likeness (QED) is 0.844. The molecule has 0 saturated heterocycles. The van der Waals surface area contributed by atoms with Crippen molar-refractivity contribution in [3.05, 3.63) is 57.1 Å². The highest BCUT2D eigenvalue weighted by atomic mass is 79.9. The summed E-state index contributed by atoms with van der Waals surface area (Å²) in [5.41, 5.74) is 9.24. The number of phenolic OH excluding ortho intramolecular Hbond substituents is 1. The molecule has 0 aromatic heterocycles. The lowest BCUT2D eigenvalue weighted by molar-refractivity contribution is 0.0734. The predicted molar refractivity (Wildman–Crippen MR) is 95.1 cm³/mol. The van der Waals surface area contributed by atoms with Gasteiger partial charge in [-0.05, 0) is 41.8 Å². The fourth-order valence-corrected chi connectivity index (χ4v) is 3.62. The minimum Gasteiger partial charge on any atom is -0.508 e. The summed E-state index contributed by atoms with van der Waals surface area (Å²) in [4.78, 5) is 14.6. The van der Waals surface area contributed by atoms with E-state index < -0.39 is 0 Å². The molecule has 0 bridgehead atoms. The largest absolute Gasteiger partial charge is 0.508 e. The van der Waals surface area contributed by atoms with Gasteiger partial charge in [0.05, 0.1) is 7.11 Å². The smallest absolute Gasteiger partial charge is 0.254 e. The second-order valence-electron chi connectivity index (χ2n) is 5.77. The molecule has 0 unspecified atom stereocenters. The first kappa shape index (κ1) is 16.8. The molecule has 0 fully saturated rings. The molecule has 126 valence electrons. The van der Waals surface area contributed by atoms with Gasteiger partial charge in [-0.3, -0.25) is 4.79 Å². The van der Waals surface area contributed by atoms with Gasteiger partial charge in [0.2, 0.25) is 0 Å². The van der Waals surface area contributed by atoms with E-state index in [-0.39, 0.29) is 11.7 Å². The van der Waals surface area contributed by atoms with Gasteiger partial charge in [0.1, 0.15) is 11.5 Å². The number of phenols is 1. The molecule has 24 heavy (non-hydrogen) atoms. The van der Waals surface area contributed by atoms with Gasteiger partial charge in [-0.2, -0.15) is 0 Å². The standard InChI is InChI=1S/C18H19BrN2O3/c1-24-17-7-12(2-3-13(17)9-20)18(23)21-5-4-11-6-14(22)8-16(19)15(11)10-21/h2-3,6-8,22H,4-5,9-10,20H2,1H3. The number of methoxy groups -OCH3 is 1. The number of fused-ring (bicyclic) bond motifs is 1. The van der Waals surface area contributed by atoms with Crippen molar-refractivity contribution in [1.29, 1.82) is 0 Å². The molecule has 3 rings (SSSR count). The van der Waals surface area contributed by atoms with Crippen molar-refractivity contribution in [3.63, 3.8) is 0 Å². The highest BCUT2D eigenvalue weighted by Crippen LogP contribution is 2.31. The highest BCUT2D eigenvalue weighted by Gasteiger charge is 2.24. The molecular formula is C18H19BrN2O3. The van der Waals surface area contributed by atoms with Crippen molar-refractivity contribution in [1.82, 2.24) is 4.90 Å². The van der Waals surface area contributed by atoms with Crippen LogP contribution in [0.2, 0.25) is 0 Å². The van der Waals surface area contributed by atoms with E-state index in [0.717, 1.165) is 21.2 Å². The Labute approximate surface area is 149 Å². The van der Waals surface area contributed by atoms with Crippen molar-refractivity contribution in [2.75, 3.05) is 13.7 Å². The van der Waals surface area contributed by atoms with E-state index in [1.54, 1.807) is 36.3 Å². The molecule has 1 heterocycles. The molecule has 0 radical (unpaired) electrons. The Morgan fingerprint density at radius 1 is 1.38 bits per heavy atom. The van der Waals surface area contributed by atoms with Gasteiger partial charge in [0, 0.05) is 35.2 Å². The molecule has 6 heteroatoms. The number of ether oxygens (including phenoxy) is 1. The molecular weight excluding hydrogens is 372 g/mol. The topological polar surface area (TPSA) is 75.8 Å². The summed E-state index contributed by atoms with van der Waals surface area (Å²) in [6.45, 7) is 1.49. The normalized spacial score (nSPS) is 13.5. The fourth-order valence-electron chi connectivity index (χ4n) is 3.01. The van der Waals surface area contributed by atoms with Crippen molar-refractivity contribution in [3.8, 4) is 11.5 Å². The molecule has 0 atom stereocenters. The van der Waals surface area contributed by atoms with Gasteiger partial charge in [0.25, 0.3) is 5.91 Å². The summed E-state index contributed by atoms with van der Waals surface area (Å²) in [6, 6.07) is 8.78. The van der Waals surface area contributed by atoms with Crippen LogP contribution in [-0.2, 0) is 19.5 Å². The molecule has 2 aromatic carbocycles. The molecule has 0 aliphatic carbocycles. The summed E-state index contributed by atoms with van der Waals surface area (Å²) in [6.07, 6.45) is 0.714. The Hall–Kier alpha value is -2.05. The Kier molecular flexibility index (Phi) is 4.78. The van der Waals surface area contributed by atoms with Gasteiger partial charge < -0.3 is 20.5 Å². The summed E-state index contributed by atoms with van der Waals surface area (Å²) in [5, 5.41) is 9.69. The number of nitrogens with two attached hydrogens (primary N) is 1. The first-order valence-corrected chi connectivity index (χ1v) is 8.49. The summed E-state index contributed by atoms with van der Waals surface area (Å²) >= 11 is 3.48. The third kappa shape index (κ3) is 3.12. The fraction of sp³-hybridized carbons (Fsp3) is 0.278. The third-order valence-electron chi connectivity index (χ3n) is 4.31. The van der Waals surface area contributed by atoms with Gasteiger partial charge in [0.15, 0.2) is 0 Å². The number of halogens is 1. The van der Waals surface area contributed by atoms with Crippen molar-refractivity contribution < 1.29 is 14.6 Å². The number of benzene rings is 2. The Morgan fingerprint density at radius 2 is 2.17 bits per heavy atom. The Morgan fingerprint density at radius 3 is 2.88 bits per heavy atom. The first-order valence-electron chi connectivity index (χ1n) is 7.70. The van der Waals surface area contributed by atoms with Crippen LogP contribution in [0.4, 0.5) is 0 Å². The summed E-state index contributed by atoms with van der Waals surface area (Å²) in [5.74, 6) is 0.830. The van der Waals surface area contributed by atoms with Crippen molar-refractivity contribution >= 4 is 21.8 Å². The summed E-state index contributed by atoms with van der Waals surface area (Å²) < 4.78 is 6.14. The van der Waals surface area contributed by atoms with Crippen molar-refractivity contribution in [2.24, 2.45) is 5.73 Å². The number of amides is 1. The molecule has 3 N–H and O–H groups in total. The maximum atomic E-state index is 12.8. The van der Waals surface area contributed by atoms with Crippen LogP contribution in [-0.4, -0.2) is 29.6 Å². The van der Waals surface area contributed by atoms with Gasteiger partial charge in [-0.1, -0.05) is 22.0 Å². The van der Waals surface area contributed by atoms with E-state index in [1.807, 2.05) is 6.07 Å². The lowest BCUT2D eigenvalue weighted by Gasteiger charge is -2.30. The summed E-state index contributed by atoms with van der Waals surface area (Å²) in [7, 11) is 1.57. The maximum Gasteiger partial charge on any atom is 0.254 e. The van der Waals surface area contributed by atoms with Crippen LogP contribution >= 0.6 is 15.9 Å². The molecule has 5 nitrogen and oxygen atoms in total. The number of rotatable bonds is 3. The number of hydrogen-bond acceptors (Lipinski definition) is 4. The van der Waals surface area contributed by atoms with Crippen LogP contribution in [0.25, 0.3) is 0 Å². The van der Waals surface area contributed by atoms with E-state index in [4.69, 9.17) is 10.5 Å². The SMILES string of the molecule is COc1cc(C(=O)N2CCc3cc(O)cc(Br)c3C2)ccc1CN. The van der Waals surface area contributed by atoms with Crippen molar-refractivity contribution in [2.45, 2.75) is 19.5 Å². The molecule has 1 aliphatic rings. The van der Waals surface area contributed by atoms with Crippen LogP contribution in [0, 0.1) is 0 Å². The van der Waals surface area contributed by atoms with Crippen LogP contribution in [0.1, 0.15) is 27.0 Å². The van der Waals surface area contributed by atoms with E-state index in [0.29, 0.717) is 37.4 Å². The molecule has 1 aliphatic heterocycles. The second-order valence-corrected chi connectivity index (χ2v) is 6.63. The zero-order valence-electron chi connectivity index (χ0n) is 13.4. The monoisotopic (exact) mass is 390 g/mol. The zero-order chi connectivity index (χ0) is 17.3. The van der Waals surface area contributed by atoms with Crippen LogP contribution in [0.15, 0.2) is 34.8 Å². The maximum absolute atomic E-state index is 12.8. The lowest BCUT2D eigenvalue weighted by atomic mass is 9.98. The average Bonchev–Trinajstić information content (AvgIpc) is 2.60.